The Labute approximate surface area is 121 Å². The van der Waals surface area contributed by atoms with Crippen LogP contribution < -0.4 is 0 Å². The van der Waals surface area contributed by atoms with Gasteiger partial charge in [-0.25, -0.2) is 0 Å². The molecule has 0 aliphatic rings. The monoisotopic (exact) mass is 271 g/mol. The summed E-state index contributed by atoms with van der Waals surface area (Å²) < 4.78 is 5.51. The average molecular weight is 271 g/mol. The van der Waals surface area contributed by atoms with E-state index < -0.39 is 0 Å². The van der Waals surface area contributed by atoms with E-state index in [1.165, 1.54) is 77.0 Å². The first-order valence-corrected chi connectivity index (χ1v) is 8.50. The van der Waals surface area contributed by atoms with Gasteiger partial charge in [-0.3, -0.25) is 4.90 Å². The van der Waals surface area contributed by atoms with E-state index in [0.29, 0.717) is 0 Å². The zero-order chi connectivity index (χ0) is 14.2. The Bertz CT molecular complexity index is 159. The average Bonchev–Trinajstić information content (AvgIpc) is 2.39. The number of rotatable bonds is 15. The van der Waals surface area contributed by atoms with Crippen molar-refractivity contribution in [3.05, 3.63) is 0 Å². The van der Waals surface area contributed by atoms with E-state index in [4.69, 9.17) is 4.74 Å². The van der Waals surface area contributed by atoms with Crippen LogP contribution in [0.2, 0.25) is 0 Å². The lowest BCUT2D eigenvalue weighted by Crippen LogP contribution is -2.16. The highest BCUT2D eigenvalue weighted by Crippen LogP contribution is 2.11. The Morgan fingerprint density at radius 1 is 0.632 bits per heavy atom. The van der Waals surface area contributed by atoms with Crippen molar-refractivity contribution in [1.82, 2.24) is 4.90 Å². The molecule has 0 aromatic heterocycles. The molecule has 116 valence electrons. The second-order valence-corrected chi connectivity index (χ2v) is 6.01. The molecule has 0 amide bonds. The lowest BCUT2D eigenvalue weighted by Gasteiger charge is -2.09. The van der Waals surface area contributed by atoms with E-state index in [1.54, 1.807) is 0 Å². The molecule has 0 saturated carbocycles. The van der Waals surface area contributed by atoms with Crippen LogP contribution in [-0.2, 0) is 4.74 Å². The molecule has 0 rings (SSSR count). The molecule has 19 heavy (non-hydrogen) atoms. The van der Waals surface area contributed by atoms with Crippen molar-refractivity contribution in [2.45, 2.75) is 84.0 Å². The molecule has 2 heteroatoms. The van der Waals surface area contributed by atoms with Crippen LogP contribution in [0.15, 0.2) is 0 Å². The van der Waals surface area contributed by atoms with Crippen molar-refractivity contribution >= 4 is 0 Å². The summed E-state index contributed by atoms with van der Waals surface area (Å²) in [7, 11) is 4.09. The Kier molecular flexibility index (Phi) is 15.9. The smallest absolute Gasteiger partial charge is 0.0985 e. The molecule has 0 aromatic rings. The number of unbranched alkanes of at least 4 members (excludes halogenated alkanes) is 11. The molecule has 0 N–H and O–H groups in total. The van der Waals surface area contributed by atoms with Crippen molar-refractivity contribution < 1.29 is 4.74 Å². The van der Waals surface area contributed by atoms with Crippen LogP contribution in [-0.4, -0.2) is 32.3 Å². The van der Waals surface area contributed by atoms with E-state index >= 15 is 0 Å². The minimum Gasteiger partial charge on any atom is -0.366 e. The topological polar surface area (TPSA) is 12.5 Å². The van der Waals surface area contributed by atoms with Crippen molar-refractivity contribution in [2.24, 2.45) is 0 Å². The molecule has 0 saturated heterocycles. The van der Waals surface area contributed by atoms with E-state index in [1.807, 2.05) is 14.1 Å². The molecular formula is C17H37NO. The largest absolute Gasteiger partial charge is 0.366 e. The molecular weight excluding hydrogens is 234 g/mol. The summed E-state index contributed by atoms with van der Waals surface area (Å²) in [4.78, 5) is 2.07. The van der Waals surface area contributed by atoms with Gasteiger partial charge in [0.05, 0.1) is 6.73 Å². The van der Waals surface area contributed by atoms with Gasteiger partial charge in [0.2, 0.25) is 0 Å². The van der Waals surface area contributed by atoms with Gasteiger partial charge >= 0.3 is 0 Å². The van der Waals surface area contributed by atoms with Gasteiger partial charge in [-0.1, -0.05) is 77.6 Å². The zero-order valence-corrected chi connectivity index (χ0v) is 13.8. The third kappa shape index (κ3) is 17.9. The maximum absolute atomic E-state index is 5.51. The molecule has 0 heterocycles. The van der Waals surface area contributed by atoms with E-state index in [9.17, 15) is 0 Å². The number of hydrogen-bond acceptors (Lipinski definition) is 2. The van der Waals surface area contributed by atoms with Crippen LogP contribution in [0.5, 0.6) is 0 Å². The van der Waals surface area contributed by atoms with Crippen molar-refractivity contribution in [2.75, 3.05) is 27.4 Å². The lowest BCUT2D eigenvalue weighted by molar-refractivity contribution is 0.0539. The first kappa shape index (κ1) is 18.9. The third-order valence-electron chi connectivity index (χ3n) is 3.49. The molecule has 0 bridgehead atoms. The fourth-order valence-electron chi connectivity index (χ4n) is 2.29. The predicted molar refractivity (Wildman–Crippen MR) is 85.6 cm³/mol. The maximum atomic E-state index is 5.51. The van der Waals surface area contributed by atoms with Crippen LogP contribution in [0.3, 0.4) is 0 Å². The third-order valence-corrected chi connectivity index (χ3v) is 3.49. The quantitative estimate of drug-likeness (QED) is 0.299. The van der Waals surface area contributed by atoms with Crippen LogP contribution in [0.1, 0.15) is 84.0 Å². The summed E-state index contributed by atoms with van der Waals surface area (Å²) in [5, 5.41) is 0. The highest BCUT2D eigenvalue weighted by Gasteiger charge is 1.94. The molecule has 0 aliphatic heterocycles. The van der Waals surface area contributed by atoms with Crippen LogP contribution >= 0.6 is 0 Å². The lowest BCUT2D eigenvalue weighted by atomic mass is 10.1. The van der Waals surface area contributed by atoms with Gasteiger partial charge in [0.25, 0.3) is 0 Å². The van der Waals surface area contributed by atoms with E-state index in [2.05, 4.69) is 11.8 Å². The Hall–Kier alpha value is -0.0800. The second-order valence-electron chi connectivity index (χ2n) is 6.01. The van der Waals surface area contributed by atoms with Gasteiger partial charge in [-0.2, -0.15) is 0 Å². The van der Waals surface area contributed by atoms with E-state index in [-0.39, 0.29) is 0 Å². The second kappa shape index (κ2) is 16.0. The summed E-state index contributed by atoms with van der Waals surface area (Å²) in [6.45, 7) is 3.97. The van der Waals surface area contributed by atoms with Crippen LogP contribution in [0.4, 0.5) is 0 Å². The molecule has 0 aliphatic carbocycles. The van der Waals surface area contributed by atoms with Gasteiger partial charge in [-0.15, -0.1) is 0 Å². The Morgan fingerprint density at radius 3 is 1.47 bits per heavy atom. The van der Waals surface area contributed by atoms with Gasteiger partial charge < -0.3 is 4.74 Å². The van der Waals surface area contributed by atoms with Gasteiger partial charge in [-0.05, 0) is 20.5 Å². The molecule has 0 unspecified atom stereocenters. The summed E-state index contributed by atoms with van der Waals surface area (Å²) >= 11 is 0. The zero-order valence-electron chi connectivity index (χ0n) is 13.8. The van der Waals surface area contributed by atoms with Crippen molar-refractivity contribution in [3.8, 4) is 0 Å². The standard InChI is InChI=1S/C17H37NO/c1-4-5-6-7-8-9-10-11-12-13-14-15-16-19-17-18(2)3/h4-17H2,1-3H3. The normalized spacial score (nSPS) is 11.4. The summed E-state index contributed by atoms with van der Waals surface area (Å²) in [6.07, 6.45) is 16.9. The summed E-state index contributed by atoms with van der Waals surface area (Å²) in [6, 6.07) is 0. The van der Waals surface area contributed by atoms with E-state index in [0.717, 1.165) is 13.3 Å². The minimum absolute atomic E-state index is 0.762. The van der Waals surface area contributed by atoms with Crippen molar-refractivity contribution in [1.29, 1.82) is 0 Å². The number of ether oxygens (including phenoxy) is 1. The highest BCUT2D eigenvalue weighted by atomic mass is 16.5. The predicted octanol–water partition coefficient (Wildman–Crippen LogP) is 5.22. The van der Waals surface area contributed by atoms with Crippen molar-refractivity contribution in [3.63, 3.8) is 0 Å². The first-order chi connectivity index (χ1) is 9.27. The van der Waals surface area contributed by atoms with Gasteiger partial charge in [0.15, 0.2) is 0 Å². The summed E-state index contributed by atoms with van der Waals surface area (Å²) in [5.74, 6) is 0. The fourth-order valence-corrected chi connectivity index (χ4v) is 2.29. The molecule has 0 spiro atoms. The SMILES string of the molecule is CCCCCCCCCCCCCCOCN(C)C. The Morgan fingerprint density at radius 2 is 1.05 bits per heavy atom. The summed E-state index contributed by atoms with van der Waals surface area (Å²) in [5.41, 5.74) is 0. The Balaban J connectivity index is 2.91. The molecule has 0 fully saturated rings. The molecule has 0 aromatic carbocycles. The number of nitrogens with zero attached hydrogens (tertiary/aromatic N) is 1. The molecule has 0 atom stereocenters. The van der Waals surface area contributed by atoms with Gasteiger partial charge in [0.1, 0.15) is 0 Å². The van der Waals surface area contributed by atoms with Gasteiger partial charge in [0, 0.05) is 6.61 Å². The fraction of sp³-hybridized carbons (Fsp3) is 1.00. The van der Waals surface area contributed by atoms with Crippen LogP contribution in [0, 0.1) is 0 Å². The number of hydrogen-bond donors (Lipinski definition) is 0. The maximum Gasteiger partial charge on any atom is 0.0985 e. The molecule has 0 radical (unpaired) electrons. The molecule has 2 nitrogen and oxygen atoms in total. The first-order valence-electron chi connectivity index (χ1n) is 8.50. The highest BCUT2D eigenvalue weighted by molar-refractivity contribution is 4.48. The van der Waals surface area contributed by atoms with Crippen LogP contribution in [0.25, 0.3) is 0 Å². The minimum atomic E-state index is 0.762.